The second kappa shape index (κ2) is 6.39. The molecule has 0 radical (unpaired) electrons. The Bertz CT molecular complexity index is 1030. The van der Waals surface area contributed by atoms with Gasteiger partial charge in [-0.15, -0.1) is 0 Å². The van der Waals surface area contributed by atoms with Gasteiger partial charge in [-0.3, -0.25) is 19.1 Å². The zero-order valence-corrected chi connectivity index (χ0v) is 14.3. The summed E-state index contributed by atoms with van der Waals surface area (Å²) in [5.41, 5.74) is 0.138. The predicted molar refractivity (Wildman–Crippen MR) is 94.7 cm³/mol. The van der Waals surface area contributed by atoms with Gasteiger partial charge in [0.15, 0.2) is 11.2 Å². The fourth-order valence-electron chi connectivity index (χ4n) is 2.85. The topological polar surface area (TPSA) is 93.0 Å². The first-order valence-corrected chi connectivity index (χ1v) is 7.91. The molecule has 25 heavy (non-hydrogen) atoms. The van der Waals surface area contributed by atoms with Crippen molar-refractivity contribution in [3.05, 3.63) is 57.5 Å². The quantitative estimate of drug-likeness (QED) is 0.762. The lowest BCUT2D eigenvalue weighted by atomic mass is 10.2. The Morgan fingerprint density at radius 1 is 1.24 bits per heavy atom. The van der Waals surface area contributed by atoms with Crippen molar-refractivity contribution in [2.75, 3.05) is 4.90 Å². The van der Waals surface area contributed by atoms with Crippen molar-refractivity contribution < 1.29 is 4.79 Å². The molecule has 0 aliphatic heterocycles. The second-order valence-electron chi connectivity index (χ2n) is 6.06. The number of hydrogen-bond acceptors (Lipinski definition) is 4. The molecule has 0 bridgehead atoms. The van der Waals surface area contributed by atoms with E-state index in [9.17, 15) is 14.4 Å². The van der Waals surface area contributed by atoms with E-state index in [2.05, 4.69) is 9.97 Å². The van der Waals surface area contributed by atoms with Gasteiger partial charge in [0, 0.05) is 18.8 Å². The van der Waals surface area contributed by atoms with Crippen LogP contribution in [0.1, 0.15) is 13.8 Å². The summed E-state index contributed by atoms with van der Waals surface area (Å²) in [5.74, 6) is -0.172. The minimum absolute atomic E-state index is 0.0488. The predicted octanol–water partition coefficient (Wildman–Crippen LogP) is 0.865. The maximum atomic E-state index is 12.9. The summed E-state index contributed by atoms with van der Waals surface area (Å²) in [5, 5.41) is 0. The number of nitrogens with one attached hydrogen (secondary N) is 1. The van der Waals surface area contributed by atoms with E-state index >= 15 is 0 Å². The number of benzene rings is 1. The number of H-pyrrole nitrogens is 1. The Morgan fingerprint density at radius 2 is 1.92 bits per heavy atom. The lowest BCUT2D eigenvalue weighted by Crippen LogP contribution is -2.39. The first-order valence-electron chi connectivity index (χ1n) is 7.91. The molecule has 8 nitrogen and oxygen atoms in total. The first-order chi connectivity index (χ1) is 11.9. The highest BCUT2D eigenvalue weighted by molar-refractivity contribution is 5.94. The third-order valence-corrected chi connectivity index (χ3v) is 4.00. The van der Waals surface area contributed by atoms with Crippen molar-refractivity contribution in [3.63, 3.8) is 0 Å². The molecule has 1 amide bonds. The molecular weight excluding hydrogens is 322 g/mol. The van der Waals surface area contributed by atoms with Crippen molar-refractivity contribution in [1.29, 1.82) is 0 Å². The van der Waals surface area contributed by atoms with Crippen LogP contribution in [0.2, 0.25) is 0 Å². The van der Waals surface area contributed by atoms with E-state index in [0.29, 0.717) is 0 Å². The van der Waals surface area contributed by atoms with Crippen LogP contribution in [0, 0.1) is 0 Å². The van der Waals surface area contributed by atoms with Gasteiger partial charge in [-0.05, 0) is 26.0 Å². The summed E-state index contributed by atoms with van der Waals surface area (Å²) in [4.78, 5) is 44.6. The average Bonchev–Trinajstić information content (AvgIpc) is 2.98. The third-order valence-electron chi connectivity index (χ3n) is 4.00. The molecule has 3 aromatic rings. The summed E-state index contributed by atoms with van der Waals surface area (Å²) in [6.45, 7) is 3.80. The van der Waals surface area contributed by atoms with Crippen molar-refractivity contribution in [2.24, 2.45) is 7.05 Å². The maximum absolute atomic E-state index is 12.9. The third kappa shape index (κ3) is 2.98. The summed E-state index contributed by atoms with van der Waals surface area (Å²) in [6, 6.07) is 9.29. The van der Waals surface area contributed by atoms with Gasteiger partial charge in [0.1, 0.15) is 6.54 Å². The molecule has 2 heterocycles. The number of rotatable bonds is 4. The first kappa shape index (κ1) is 16.7. The van der Waals surface area contributed by atoms with E-state index in [1.54, 1.807) is 4.90 Å². The fourth-order valence-corrected chi connectivity index (χ4v) is 2.85. The van der Waals surface area contributed by atoms with Crippen molar-refractivity contribution in [2.45, 2.75) is 26.4 Å². The molecule has 0 aliphatic rings. The zero-order chi connectivity index (χ0) is 18.1. The van der Waals surface area contributed by atoms with Crippen LogP contribution in [0.3, 0.4) is 0 Å². The largest absolute Gasteiger partial charge is 0.329 e. The minimum atomic E-state index is -0.556. The maximum Gasteiger partial charge on any atom is 0.329 e. The van der Waals surface area contributed by atoms with E-state index in [1.165, 1.54) is 22.5 Å². The normalized spacial score (nSPS) is 11.2. The molecule has 130 valence electrons. The fraction of sp³-hybridized carbons (Fsp3) is 0.294. The number of aromatic amines is 1. The van der Waals surface area contributed by atoms with Crippen LogP contribution in [0.25, 0.3) is 11.2 Å². The van der Waals surface area contributed by atoms with E-state index in [1.807, 2.05) is 44.2 Å². The smallest absolute Gasteiger partial charge is 0.315 e. The summed E-state index contributed by atoms with van der Waals surface area (Å²) in [6.07, 6.45) is 1.40. The monoisotopic (exact) mass is 341 g/mol. The van der Waals surface area contributed by atoms with Gasteiger partial charge in [0.05, 0.1) is 6.33 Å². The molecule has 0 saturated carbocycles. The summed E-state index contributed by atoms with van der Waals surface area (Å²) in [7, 11) is 1.52. The number of amides is 1. The van der Waals surface area contributed by atoms with Crippen LogP contribution in [-0.4, -0.2) is 31.1 Å². The highest BCUT2D eigenvalue weighted by atomic mass is 16.2. The number of imidazole rings is 1. The average molecular weight is 341 g/mol. The van der Waals surface area contributed by atoms with Crippen LogP contribution in [0.5, 0.6) is 0 Å². The number of nitrogens with zero attached hydrogens (tertiary/aromatic N) is 4. The lowest BCUT2D eigenvalue weighted by molar-refractivity contribution is -0.119. The number of anilines is 1. The summed E-state index contributed by atoms with van der Waals surface area (Å²) >= 11 is 0. The number of hydrogen-bond donors (Lipinski definition) is 1. The standard InChI is InChI=1S/C17H19N5O3/c1-11(2)22(12-7-5-4-6-8-12)13(23)9-21-10-18-15-14(21)16(24)19-17(25)20(15)3/h4-8,10-11H,9H2,1-3H3,(H,19,24,25). The minimum Gasteiger partial charge on any atom is -0.315 e. The number of carbonyl (C=O) groups is 1. The molecular formula is C17H19N5O3. The Balaban J connectivity index is 2.01. The molecule has 0 atom stereocenters. The molecule has 0 fully saturated rings. The van der Waals surface area contributed by atoms with Crippen LogP contribution in [0.15, 0.2) is 46.2 Å². The van der Waals surface area contributed by atoms with Gasteiger partial charge >= 0.3 is 5.69 Å². The number of aromatic nitrogens is 4. The highest BCUT2D eigenvalue weighted by Gasteiger charge is 2.21. The Kier molecular flexibility index (Phi) is 4.26. The van der Waals surface area contributed by atoms with Gasteiger partial charge in [-0.25, -0.2) is 9.78 Å². The van der Waals surface area contributed by atoms with E-state index in [-0.39, 0.29) is 29.7 Å². The Morgan fingerprint density at radius 3 is 2.56 bits per heavy atom. The number of carbonyl (C=O) groups excluding carboxylic acids is 1. The molecule has 0 saturated heterocycles. The van der Waals surface area contributed by atoms with Crippen LogP contribution >= 0.6 is 0 Å². The molecule has 2 aromatic heterocycles. The van der Waals surface area contributed by atoms with Crippen molar-refractivity contribution in [3.8, 4) is 0 Å². The van der Waals surface area contributed by atoms with E-state index in [4.69, 9.17) is 0 Å². The van der Waals surface area contributed by atoms with Crippen LogP contribution in [0.4, 0.5) is 5.69 Å². The SMILES string of the molecule is CC(C)N(C(=O)Cn1cnc2c1c(=O)[nH]c(=O)n2C)c1ccccc1. The molecule has 1 N–H and O–H groups in total. The zero-order valence-electron chi connectivity index (χ0n) is 14.3. The molecule has 0 unspecified atom stereocenters. The number of aryl methyl sites for hydroxylation is 1. The van der Waals surface area contributed by atoms with Gasteiger partial charge in [-0.2, -0.15) is 0 Å². The van der Waals surface area contributed by atoms with Gasteiger partial charge in [-0.1, -0.05) is 18.2 Å². The second-order valence-corrected chi connectivity index (χ2v) is 6.06. The van der Waals surface area contributed by atoms with Crippen molar-refractivity contribution >= 4 is 22.8 Å². The van der Waals surface area contributed by atoms with Crippen LogP contribution in [-0.2, 0) is 18.4 Å². The molecule has 3 rings (SSSR count). The van der Waals surface area contributed by atoms with Gasteiger partial charge in [0.25, 0.3) is 5.56 Å². The summed E-state index contributed by atoms with van der Waals surface area (Å²) < 4.78 is 2.71. The lowest BCUT2D eigenvalue weighted by Gasteiger charge is -2.27. The molecule has 1 aromatic carbocycles. The van der Waals surface area contributed by atoms with Gasteiger partial charge < -0.3 is 9.47 Å². The number of fused-ring (bicyclic) bond motifs is 1. The van der Waals surface area contributed by atoms with E-state index in [0.717, 1.165) is 5.69 Å². The van der Waals surface area contributed by atoms with Gasteiger partial charge in [0.2, 0.25) is 5.91 Å². The Labute approximate surface area is 143 Å². The molecule has 8 heteroatoms. The highest BCUT2D eigenvalue weighted by Crippen LogP contribution is 2.17. The Hall–Kier alpha value is -3.16. The van der Waals surface area contributed by atoms with E-state index < -0.39 is 11.2 Å². The molecule has 0 aliphatic carbocycles. The van der Waals surface area contributed by atoms with Crippen molar-refractivity contribution in [1.82, 2.24) is 19.1 Å². The molecule has 0 spiro atoms. The van der Waals surface area contributed by atoms with Crippen LogP contribution < -0.4 is 16.1 Å². The number of para-hydroxylation sites is 1.